The molecule has 1 aromatic carbocycles. The average Bonchev–Trinajstić information content (AvgIpc) is 2.87. The lowest BCUT2D eigenvalue weighted by molar-refractivity contribution is 0.501. The number of aromatic nitrogens is 2. The van der Waals surface area contributed by atoms with Crippen LogP contribution in [0.1, 0.15) is 51.3 Å². The molecule has 0 saturated carbocycles. The Bertz CT molecular complexity index is 598. The van der Waals surface area contributed by atoms with Gasteiger partial charge in [-0.1, -0.05) is 27.7 Å². The van der Waals surface area contributed by atoms with Crippen LogP contribution in [0.25, 0.3) is 22.2 Å². The van der Waals surface area contributed by atoms with Crippen molar-refractivity contribution >= 4 is 22.2 Å². The van der Waals surface area contributed by atoms with E-state index < -0.39 is 0 Å². The van der Waals surface area contributed by atoms with Crippen LogP contribution in [0.3, 0.4) is 0 Å². The second-order valence-corrected chi connectivity index (χ2v) is 5.20. The van der Waals surface area contributed by atoms with Crippen LogP contribution < -0.4 is 0 Å². The van der Waals surface area contributed by atoms with Crippen LogP contribution in [-0.2, 0) is 0 Å². The standard InChI is InChI=1S/C14H16N2O2/c1-7(2)13-15-9-5-12-10(6-11(9)17-13)16-14(18-12)8(3)4/h5-8H,1-4H3. The maximum absolute atomic E-state index is 5.71. The SMILES string of the molecule is CC(C)c1nc2cc3oc(C(C)C)nc3cc2o1. The predicted molar refractivity (Wildman–Crippen MR) is 69.8 cm³/mol. The van der Waals surface area contributed by atoms with E-state index in [1.54, 1.807) is 0 Å². The van der Waals surface area contributed by atoms with Gasteiger partial charge in [0.15, 0.2) is 22.9 Å². The number of nitrogens with zero attached hydrogens (tertiary/aromatic N) is 2. The maximum Gasteiger partial charge on any atom is 0.198 e. The Labute approximate surface area is 105 Å². The first-order chi connectivity index (χ1) is 8.54. The van der Waals surface area contributed by atoms with Crippen molar-refractivity contribution in [2.45, 2.75) is 39.5 Å². The van der Waals surface area contributed by atoms with E-state index in [1.807, 2.05) is 12.1 Å². The first kappa shape index (κ1) is 11.3. The molecule has 2 heterocycles. The van der Waals surface area contributed by atoms with Gasteiger partial charge in [-0.3, -0.25) is 0 Å². The second kappa shape index (κ2) is 3.83. The number of fused-ring (bicyclic) bond motifs is 2. The number of oxazole rings is 2. The summed E-state index contributed by atoms with van der Waals surface area (Å²) in [6.07, 6.45) is 0. The fourth-order valence-corrected chi connectivity index (χ4v) is 1.88. The highest BCUT2D eigenvalue weighted by molar-refractivity contribution is 5.89. The normalized spacial score (nSPS) is 12.3. The zero-order chi connectivity index (χ0) is 12.9. The molecule has 0 aliphatic carbocycles. The molecule has 0 radical (unpaired) electrons. The van der Waals surface area contributed by atoms with E-state index in [9.17, 15) is 0 Å². The van der Waals surface area contributed by atoms with Gasteiger partial charge in [0.2, 0.25) is 0 Å². The van der Waals surface area contributed by atoms with E-state index in [4.69, 9.17) is 8.83 Å². The third kappa shape index (κ3) is 1.68. The lowest BCUT2D eigenvalue weighted by Crippen LogP contribution is -1.84. The van der Waals surface area contributed by atoms with E-state index in [2.05, 4.69) is 37.7 Å². The van der Waals surface area contributed by atoms with Gasteiger partial charge in [-0.2, -0.15) is 0 Å². The summed E-state index contributed by atoms with van der Waals surface area (Å²) in [7, 11) is 0. The quantitative estimate of drug-likeness (QED) is 0.677. The Balaban J connectivity index is 2.21. The Morgan fingerprint density at radius 2 is 1.17 bits per heavy atom. The van der Waals surface area contributed by atoms with Crippen molar-refractivity contribution < 1.29 is 8.83 Å². The Hall–Kier alpha value is -1.84. The number of rotatable bonds is 2. The van der Waals surface area contributed by atoms with Crippen LogP contribution in [0.4, 0.5) is 0 Å². The monoisotopic (exact) mass is 244 g/mol. The molecule has 0 spiro atoms. The lowest BCUT2D eigenvalue weighted by Gasteiger charge is -1.94. The second-order valence-electron chi connectivity index (χ2n) is 5.20. The summed E-state index contributed by atoms with van der Waals surface area (Å²) < 4.78 is 11.4. The summed E-state index contributed by atoms with van der Waals surface area (Å²) >= 11 is 0. The molecule has 3 rings (SSSR count). The Morgan fingerprint density at radius 1 is 0.778 bits per heavy atom. The largest absolute Gasteiger partial charge is 0.440 e. The molecular formula is C14H16N2O2. The minimum atomic E-state index is 0.280. The zero-order valence-electron chi connectivity index (χ0n) is 11.0. The Morgan fingerprint density at radius 3 is 1.50 bits per heavy atom. The molecule has 3 aromatic rings. The third-order valence-corrected chi connectivity index (χ3v) is 2.92. The fourth-order valence-electron chi connectivity index (χ4n) is 1.88. The molecule has 2 aromatic heterocycles. The van der Waals surface area contributed by atoms with Gasteiger partial charge in [0, 0.05) is 24.0 Å². The molecule has 0 fully saturated rings. The smallest absolute Gasteiger partial charge is 0.198 e. The van der Waals surface area contributed by atoms with E-state index in [1.165, 1.54) is 0 Å². The Kier molecular flexibility index (Phi) is 2.40. The molecular weight excluding hydrogens is 228 g/mol. The highest BCUT2D eigenvalue weighted by Crippen LogP contribution is 2.28. The summed E-state index contributed by atoms with van der Waals surface area (Å²) in [4.78, 5) is 8.92. The van der Waals surface area contributed by atoms with Crippen molar-refractivity contribution in [3.8, 4) is 0 Å². The molecule has 94 valence electrons. The first-order valence-corrected chi connectivity index (χ1v) is 6.25. The van der Waals surface area contributed by atoms with E-state index in [0.29, 0.717) is 0 Å². The van der Waals surface area contributed by atoms with E-state index in [-0.39, 0.29) is 11.8 Å². The summed E-state index contributed by atoms with van der Waals surface area (Å²) in [5.41, 5.74) is 3.21. The molecule has 0 bridgehead atoms. The molecule has 4 nitrogen and oxygen atoms in total. The van der Waals surface area contributed by atoms with Crippen molar-refractivity contribution in [1.29, 1.82) is 0 Å². The van der Waals surface area contributed by atoms with Crippen molar-refractivity contribution in [3.05, 3.63) is 23.9 Å². The molecule has 0 unspecified atom stereocenters. The van der Waals surface area contributed by atoms with E-state index in [0.717, 1.165) is 34.0 Å². The first-order valence-electron chi connectivity index (χ1n) is 6.25. The third-order valence-electron chi connectivity index (χ3n) is 2.92. The highest BCUT2D eigenvalue weighted by atomic mass is 16.4. The van der Waals surface area contributed by atoms with Gasteiger partial charge in [-0.15, -0.1) is 0 Å². The van der Waals surface area contributed by atoms with E-state index >= 15 is 0 Å². The van der Waals surface area contributed by atoms with Crippen LogP contribution in [0.5, 0.6) is 0 Å². The van der Waals surface area contributed by atoms with Crippen LogP contribution in [-0.4, -0.2) is 9.97 Å². The predicted octanol–water partition coefficient (Wildman–Crippen LogP) is 4.22. The van der Waals surface area contributed by atoms with Crippen molar-refractivity contribution in [2.75, 3.05) is 0 Å². The van der Waals surface area contributed by atoms with Gasteiger partial charge >= 0.3 is 0 Å². The number of hydrogen-bond acceptors (Lipinski definition) is 4. The molecule has 0 aliphatic heterocycles. The lowest BCUT2D eigenvalue weighted by atomic mass is 10.2. The topological polar surface area (TPSA) is 52.1 Å². The average molecular weight is 244 g/mol. The molecule has 18 heavy (non-hydrogen) atoms. The molecule has 0 saturated heterocycles. The summed E-state index contributed by atoms with van der Waals surface area (Å²) in [5, 5.41) is 0. The van der Waals surface area contributed by atoms with Gasteiger partial charge in [0.1, 0.15) is 11.0 Å². The van der Waals surface area contributed by atoms with Gasteiger partial charge in [0.05, 0.1) is 0 Å². The van der Waals surface area contributed by atoms with Gasteiger partial charge in [-0.25, -0.2) is 9.97 Å². The minimum Gasteiger partial charge on any atom is -0.440 e. The summed E-state index contributed by atoms with van der Waals surface area (Å²) in [6, 6.07) is 3.80. The zero-order valence-corrected chi connectivity index (χ0v) is 11.0. The maximum atomic E-state index is 5.71. The summed E-state index contributed by atoms with van der Waals surface area (Å²) in [6.45, 7) is 8.24. The fraction of sp³-hybridized carbons (Fsp3) is 0.429. The van der Waals surface area contributed by atoms with Gasteiger partial charge in [-0.05, 0) is 0 Å². The van der Waals surface area contributed by atoms with Crippen LogP contribution in [0.15, 0.2) is 21.0 Å². The van der Waals surface area contributed by atoms with Gasteiger partial charge < -0.3 is 8.83 Å². The number of benzene rings is 1. The van der Waals surface area contributed by atoms with Gasteiger partial charge in [0.25, 0.3) is 0 Å². The molecule has 4 heteroatoms. The molecule has 0 aliphatic rings. The van der Waals surface area contributed by atoms with Crippen LogP contribution in [0, 0.1) is 0 Å². The summed E-state index contributed by atoms with van der Waals surface area (Å²) in [5.74, 6) is 2.06. The van der Waals surface area contributed by atoms with Crippen LogP contribution >= 0.6 is 0 Å². The molecule has 0 N–H and O–H groups in total. The van der Waals surface area contributed by atoms with Crippen molar-refractivity contribution in [3.63, 3.8) is 0 Å². The minimum absolute atomic E-state index is 0.280. The molecule has 0 amide bonds. The van der Waals surface area contributed by atoms with Crippen molar-refractivity contribution in [1.82, 2.24) is 9.97 Å². The number of hydrogen-bond donors (Lipinski definition) is 0. The highest BCUT2D eigenvalue weighted by Gasteiger charge is 2.14. The van der Waals surface area contributed by atoms with Crippen molar-refractivity contribution in [2.24, 2.45) is 0 Å². The van der Waals surface area contributed by atoms with Crippen LogP contribution in [0.2, 0.25) is 0 Å². The molecule has 0 atom stereocenters.